The highest BCUT2D eigenvalue weighted by Gasteiger charge is 2.12. The second-order valence-electron chi connectivity index (χ2n) is 3.74. The van der Waals surface area contributed by atoms with Crippen molar-refractivity contribution in [2.45, 2.75) is 13.5 Å². The van der Waals surface area contributed by atoms with Crippen LogP contribution in [0.2, 0.25) is 10.2 Å². The van der Waals surface area contributed by atoms with Gasteiger partial charge in [-0.2, -0.15) is 0 Å². The van der Waals surface area contributed by atoms with Crippen LogP contribution < -0.4 is 0 Å². The fourth-order valence-electron chi connectivity index (χ4n) is 1.54. The number of aryl methyl sites for hydroxylation is 1. The number of halogens is 2. The van der Waals surface area contributed by atoms with Crippen LogP contribution >= 0.6 is 23.2 Å². The lowest BCUT2D eigenvalue weighted by atomic mass is 10.2. The number of aromatic nitrogens is 1. The van der Waals surface area contributed by atoms with Gasteiger partial charge in [-0.05, 0) is 13.0 Å². The topological polar surface area (TPSA) is 56.6 Å². The fourth-order valence-corrected chi connectivity index (χ4v) is 2.19. The largest absolute Gasteiger partial charge is 0.395 e. The maximum absolute atomic E-state index is 8.92. The Morgan fingerprint density at radius 3 is 2.29 bits per heavy atom. The van der Waals surface area contributed by atoms with Gasteiger partial charge in [0.1, 0.15) is 5.15 Å². The number of rotatable bonds is 6. The molecule has 6 heteroatoms. The summed E-state index contributed by atoms with van der Waals surface area (Å²) in [5.74, 6) is 0. The van der Waals surface area contributed by atoms with Crippen molar-refractivity contribution in [1.82, 2.24) is 9.88 Å². The highest BCUT2D eigenvalue weighted by Crippen LogP contribution is 2.25. The number of nitrogens with zero attached hydrogens (tertiary/aromatic N) is 2. The van der Waals surface area contributed by atoms with Crippen molar-refractivity contribution in [3.05, 3.63) is 27.5 Å². The average molecular weight is 279 g/mol. The summed E-state index contributed by atoms with van der Waals surface area (Å²) in [7, 11) is 0. The Hall–Kier alpha value is -0.390. The van der Waals surface area contributed by atoms with E-state index in [2.05, 4.69) is 4.98 Å². The summed E-state index contributed by atoms with van der Waals surface area (Å²) in [4.78, 5) is 6.00. The Balaban J connectivity index is 2.84. The molecular weight excluding hydrogens is 263 g/mol. The molecule has 1 aromatic heterocycles. The summed E-state index contributed by atoms with van der Waals surface area (Å²) in [6.07, 6.45) is 0. The smallest absolute Gasteiger partial charge is 0.135 e. The summed E-state index contributed by atoms with van der Waals surface area (Å²) >= 11 is 12.1. The van der Waals surface area contributed by atoms with Gasteiger partial charge in [-0.3, -0.25) is 4.90 Å². The zero-order chi connectivity index (χ0) is 12.8. The summed E-state index contributed by atoms with van der Waals surface area (Å²) in [5.41, 5.74) is 1.49. The van der Waals surface area contributed by atoms with E-state index in [-0.39, 0.29) is 13.2 Å². The Morgan fingerprint density at radius 2 is 1.82 bits per heavy atom. The lowest BCUT2D eigenvalue weighted by Crippen LogP contribution is -2.29. The molecule has 2 N–H and O–H groups in total. The SMILES string of the molecule is Cc1cc(Cl)c(CN(CCO)CCO)c(Cl)n1. The highest BCUT2D eigenvalue weighted by atomic mass is 35.5. The third kappa shape index (κ3) is 4.41. The molecule has 0 unspecified atom stereocenters. The van der Waals surface area contributed by atoms with Gasteiger partial charge in [-0.25, -0.2) is 4.98 Å². The predicted octanol–water partition coefficient (Wildman–Crippen LogP) is 1.48. The molecule has 0 aliphatic rings. The first-order chi connectivity index (χ1) is 8.08. The van der Waals surface area contributed by atoms with E-state index in [9.17, 15) is 0 Å². The van der Waals surface area contributed by atoms with Crippen molar-refractivity contribution in [2.24, 2.45) is 0 Å². The van der Waals surface area contributed by atoms with Crippen LogP contribution in [-0.2, 0) is 6.54 Å². The Kier molecular flexibility index (Phi) is 6.16. The molecule has 0 radical (unpaired) electrons. The van der Waals surface area contributed by atoms with Crippen molar-refractivity contribution in [3.63, 3.8) is 0 Å². The van der Waals surface area contributed by atoms with E-state index < -0.39 is 0 Å². The molecule has 0 aromatic carbocycles. The molecule has 0 fully saturated rings. The first kappa shape index (κ1) is 14.7. The summed E-state index contributed by atoms with van der Waals surface area (Å²) in [6, 6.07) is 1.75. The van der Waals surface area contributed by atoms with Crippen molar-refractivity contribution in [3.8, 4) is 0 Å². The number of hydrogen-bond acceptors (Lipinski definition) is 4. The molecular formula is C11H16Cl2N2O2. The molecule has 1 aromatic rings. The van der Waals surface area contributed by atoms with Crippen LogP contribution in [0.5, 0.6) is 0 Å². The molecule has 1 rings (SSSR count). The molecule has 0 aliphatic heterocycles. The van der Waals surface area contributed by atoms with Crippen LogP contribution in [0.4, 0.5) is 0 Å². The van der Waals surface area contributed by atoms with Gasteiger partial charge >= 0.3 is 0 Å². The first-order valence-electron chi connectivity index (χ1n) is 5.34. The van der Waals surface area contributed by atoms with Crippen molar-refractivity contribution < 1.29 is 10.2 Å². The van der Waals surface area contributed by atoms with Crippen LogP contribution in [-0.4, -0.2) is 46.4 Å². The lowest BCUT2D eigenvalue weighted by Gasteiger charge is -2.21. The molecule has 0 saturated carbocycles. The Morgan fingerprint density at radius 1 is 1.24 bits per heavy atom. The average Bonchev–Trinajstić information content (AvgIpc) is 2.23. The van der Waals surface area contributed by atoms with E-state index in [0.717, 1.165) is 11.3 Å². The number of hydrogen-bond donors (Lipinski definition) is 2. The van der Waals surface area contributed by atoms with E-state index >= 15 is 0 Å². The van der Waals surface area contributed by atoms with E-state index in [1.807, 2.05) is 11.8 Å². The number of aliphatic hydroxyl groups is 2. The van der Waals surface area contributed by atoms with E-state index in [1.165, 1.54) is 0 Å². The van der Waals surface area contributed by atoms with Gasteiger partial charge in [0.15, 0.2) is 0 Å². The molecule has 0 saturated heterocycles. The summed E-state index contributed by atoms with van der Waals surface area (Å²) in [5, 5.41) is 18.8. The van der Waals surface area contributed by atoms with Gasteiger partial charge < -0.3 is 10.2 Å². The van der Waals surface area contributed by atoms with Gasteiger partial charge in [0.05, 0.1) is 13.2 Å². The van der Waals surface area contributed by atoms with Crippen molar-refractivity contribution in [1.29, 1.82) is 0 Å². The lowest BCUT2D eigenvalue weighted by molar-refractivity contribution is 0.156. The number of pyridine rings is 1. The van der Waals surface area contributed by atoms with Crippen LogP contribution in [0.3, 0.4) is 0 Å². The molecule has 0 spiro atoms. The van der Waals surface area contributed by atoms with Crippen LogP contribution in [0.25, 0.3) is 0 Å². The standard InChI is InChI=1S/C11H16Cl2N2O2/c1-8-6-10(12)9(11(13)14-8)7-15(2-4-16)3-5-17/h6,16-17H,2-5,7H2,1H3. The van der Waals surface area contributed by atoms with Crippen LogP contribution in [0.15, 0.2) is 6.07 Å². The molecule has 0 atom stereocenters. The van der Waals surface area contributed by atoms with Gasteiger partial charge in [0, 0.05) is 35.9 Å². The molecule has 1 heterocycles. The third-order valence-corrected chi connectivity index (χ3v) is 3.01. The van der Waals surface area contributed by atoms with Gasteiger partial charge in [0.25, 0.3) is 0 Å². The zero-order valence-electron chi connectivity index (χ0n) is 9.66. The van der Waals surface area contributed by atoms with E-state index in [0.29, 0.717) is 29.8 Å². The molecule has 0 amide bonds. The van der Waals surface area contributed by atoms with E-state index in [4.69, 9.17) is 33.4 Å². The second kappa shape index (κ2) is 7.13. The molecule has 4 nitrogen and oxygen atoms in total. The minimum Gasteiger partial charge on any atom is -0.395 e. The second-order valence-corrected chi connectivity index (χ2v) is 4.50. The Bertz CT molecular complexity index is 345. The monoisotopic (exact) mass is 278 g/mol. The normalized spacial score (nSPS) is 11.2. The fraction of sp³-hybridized carbons (Fsp3) is 0.545. The summed E-state index contributed by atoms with van der Waals surface area (Å²) in [6.45, 7) is 3.25. The highest BCUT2D eigenvalue weighted by molar-refractivity contribution is 6.35. The third-order valence-electron chi connectivity index (χ3n) is 2.36. The number of aliphatic hydroxyl groups excluding tert-OH is 2. The zero-order valence-corrected chi connectivity index (χ0v) is 11.2. The minimum absolute atomic E-state index is 0.0223. The van der Waals surface area contributed by atoms with Gasteiger partial charge in [-0.15, -0.1) is 0 Å². The van der Waals surface area contributed by atoms with E-state index in [1.54, 1.807) is 6.07 Å². The maximum atomic E-state index is 8.92. The molecule has 0 aliphatic carbocycles. The minimum atomic E-state index is 0.0223. The quantitative estimate of drug-likeness (QED) is 0.774. The maximum Gasteiger partial charge on any atom is 0.135 e. The van der Waals surface area contributed by atoms with Crippen LogP contribution in [0, 0.1) is 6.92 Å². The Labute approximate surface area is 111 Å². The van der Waals surface area contributed by atoms with Crippen molar-refractivity contribution >= 4 is 23.2 Å². The molecule has 17 heavy (non-hydrogen) atoms. The summed E-state index contributed by atoms with van der Waals surface area (Å²) < 4.78 is 0. The van der Waals surface area contributed by atoms with Crippen molar-refractivity contribution in [2.75, 3.05) is 26.3 Å². The molecule has 0 bridgehead atoms. The first-order valence-corrected chi connectivity index (χ1v) is 6.09. The van der Waals surface area contributed by atoms with Gasteiger partial charge in [0.2, 0.25) is 0 Å². The van der Waals surface area contributed by atoms with Crippen LogP contribution in [0.1, 0.15) is 11.3 Å². The van der Waals surface area contributed by atoms with Gasteiger partial charge in [-0.1, -0.05) is 23.2 Å². The molecule has 96 valence electrons. The predicted molar refractivity (Wildman–Crippen MR) is 68.4 cm³/mol.